The Morgan fingerprint density at radius 1 is 0.964 bits per heavy atom. The van der Waals surface area contributed by atoms with Crippen LogP contribution in [0.15, 0.2) is 59.4 Å². The van der Waals surface area contributed by atoms with E-state index in [1.54, 1.807) is 22.5 Å². The molecule has 1 N–H and O–H groups in total. The smallest absolute Gasteiger partial charge is 0.282 e. The summed E-state index contributed by atoms with van der Waals surface area (Å²) in [5.41, 5.74) is 1.20. The number of fused-ring (bicyclic) bond motifs is 1. The normalized spacial score (nSPS) is 16.4. The van der Waals surface area contributed by atoms with Gasteiger partial charge in [0, 0.05) is 0 Å². The monoisotopic (exact) mass is 400 g/mol. The highest BCUT2D eigenvalue weighted by molar-refractivity contribution is 7.88. The van der Waals surface area contributed by atoms with Gasteiger partial charge >= 0.3 is 0 Å². The van der Waals surface area contributed by atoms with Crippen LogP contribution in [0.1, 0.15) is 5.56 Å². The first-order valence-corrected chi connectivity index (χ1v) is 10.8. The summed E-state index contributed by atoms with van der Waals surface area (Å²) in [7, 11) is -3.35. The topological polar surface area (TPSA) is 89.6 Å². The number of hydrogen-bond acceptors (Lipinski definition) is 5. The van der Waals surface area contributed by atoms with E-state index in [1.807, 2.05) is 36.4 Å². The highest BCUT2D eigenvalue weighted by Gasteiger charge is 2.29. The van der Waals surface area contributed by atoms with Crippen molar-refractivity contribution in [2.24, 2.45) is 0 Å². The molecule has 4 rings (SSSR count). The Hall–Kier alpha value is -2.62. The van der Waals surface area contributed by atoms with E-state index >= 15 is 0 Å². The molecule has 3 aromatic rings. The maximum atomic E-state index is 12.7. The van der Waals surface area contributed by atoms with Gasteiger partial charge in [-0.15, -0.1) is 5.10 Å². The summed E-state index contributed by atoms with van der Waals surface area (Å²) in [5.74, 6) is 0.0127. The molecule has 0 aliphatic carbocycles. The standard InChI is InChI=1S/C19H21N5O3S/c25-19-17-8-4-5-9-18(17)20-21-24(19)15-22-10-12-23(13-11-22)28(26,27)14-16-6-2-1-3-7-16/h1-9H,10-15H2/p+1. The van der Waals surface area contributed by atoms with Crippen LogP contribution in [0.3, 0.4) is 0 Å². The third-order valence-electron chi connectivity index (χ3n) is 5.02. The number of piperazine rings is 1. The van der Waals surface area contributed by atoms with Crippen LogP contribution in [-0.4, -0.2) is 53.9 Å². The molecule has 2 aromatic carbocycles. The Balaban J connectivity index is 1.41. The van der Waals surface area contributed by atoms with Crippen molar-refractivity contribution >= 4 is 20.9 Å². The van der Waals surface area contributed by atoms with Crippen LogP contribution in [0.2, 0.25) is 0 Å². The second kappa shape index (κ2) is 7.78. The molecule has 1 aromatic heterocycles. The van der Waals surface area contributed by atoms with Crippen molar-refractivity contribution in [3.8, 4) is 0 Å². The lowest BCUT2D eigenvalue weighted by molar-refractivity contribution is -0.927. The van der Waals surface area contributed by atoms with Gasteiger partial charge in [-0.25, -0.2) is 8.42 Å². The number of hydrogen-bond donors (Lipinski definition) is 1. The molecule has 28 heavy (non-hydrogen) atoms. The van der Waals surface area contributed by atoms with Gasteiger partial charge in [0.05, 0.1) is 37.3 Å². The van der Waals surface area contributed by atoms with Crippen molar-refractivity contribution in [1.29, 1.82) is 0 Å². The predicted molar refractivity (Wildman–Crippen MR) is 105 cm³/mol. The maximum absolute atomic E-state index is 12.7. The van der Waals surface area contributed by atoms with E-state index in [9.17, 15) is 13.2 Å². The zero-order valence-corrected chi connectivity index (χ0v) is 16.2. The molecular formula is C19H22N5O3S+. The van der Waals surface area contributed by atoms with E-state index in [-0.39, 0.29) is 11.3 Å². The molecule has 146 valence electrons. The summed E-state index contributed by atoms with van der Waals surface area (Å²) in [6.07, 6.45) is 0. The summed E-state index contributed by atoms with van der Waals surface area (Å²) < 4.78 is 28.2. The highest BCUT2D eigenvalue weighted by atomic mass is 32.2. The van der Waals surface area contributed by atoms with Gasteiger partial charge < -0.3 is 4.90 Å². The number of aromatic nitrogens is 3. The van der Waals surface area contributed by atoms with Crippen LogP contribution < -0.4 is 10.5 Å². The molecule has 1 aliphatic rings. The van der Waals surface area contributed by atoms with Crippen LogP contribution in [0.25, 0.3) is 10.9 Å². The quantitative estimate of drug-likeness (QED) is 0.623. The molecule has 8 nitrogen and oxygen atoms in total. The first-order chi connectivity index (χ1) is 13.5. The average Bonchev–Trinajstić information content (AvgIpc) is 2.71. The van der Waals surface area contributed by atoms with Gasteiger partial charge in [0.1, 0.15) is 5.52 Å². The SMILES string of the molecule is O=c1c2ccccc2nnn1C[NH+]1CCN(S(=O)(=O)Cc2ccccc2)CC1. The number of quaternary nitrogens is 1. The summed E-state index contributed by atoms with van der Waals surface area (Å²) in [6, 6.07) is 16.3. The van der Waals surface area contributed by atoms with E-state index in [4.69, 9.17) is 0 Å². The minimum absolute atomic E-state index is 0.0127. The molecule has 0 bridgehead atoms. The van der Waals surface area contributed by atoms with E-state index in [0.29, 0.717) is 43.8 Å². The van der Waals surface area contributed by atoms with Crippen molar-refractivity contribution in [2.45, 2.75) is 12.4 Å². The number of rotatable bonds is 5. The Bertz CT molecular complexity index is 1120. The molecule has 0 amide bonds. The molecule has 0 saturated carbocycles. The van der Waals surface area contributed by atoms with Crippen LogP contribution >= 0.6 is 0 Å². The molecule has 1 fully saturated rings. The van der Waals surface area contributed by atoms with Crippen molar-refractivity contribution in [1.82, 2.24) is 19.3 Å². The Labute approximate surface area is 163 Å². The third-order valence-corrected chi connectivity index (χ3v) is 6.87. The molecular weight excluding hydrogens is 378 g/mol. The molecule has 2 heterocycles. The molecule has 0 unspecified atom stereocenters. The molecule has 0 atom stereocenters. The summed E-state index contributed by atoms with van der Waals surface area (Å²) >= 11 is 0. The van der Waals surface area contributed by atoms with Crippen LogP contribution in [-0.2, 0) is 22.4 Å². The van der Waals surface area contributed by atoms with Gasteiger partial charge in [0.2, 0.25) is 10.0 Å². The van der Waals surface area contributed by atoms with Gasteiger partial charge in [-0.3, -0.25) is 4.79 Å². The zero-order chi connectivity index (χ0) is 19.6. The Kier molecular flexibility index (Phi) is 5.21. The summed E-state index contributed by atoms with van der Waals surface area (Å²) in [4.78, 5) is 13.7. The Morgan fingerprint density at radius 2 is 1.64 bits per heavy atom. The Morgan fingerprint density at radius 3 is 2.39 bits per heavy atom. The first-order valence-electron chi connectivity index (χ1n) is 9.21. The molecule has 1 aliphatic heterocycles. The van der Waals surface area contributed by atoms with E-state index in [1.165, 1.54) is 4.68 Å². The van der Waals surface area contributed by atoms with E-state index in [0.717, 1.165) is 10.5 Å². The van der Waals surface area contributed by atoms with Crippen molar-refractivity contribution in [2.75, 3.05) is 26.2 Å². The minimum atomic E-state index is -3.35. The lowest BCUT2D eigenvalue weighted by Gasteiger charge is -2.31. The van der Waals surface area contributed by atoms with E-state index < -0.39 is 10.0 Å². The molecule has 9 heteroatoms. The van der Waals surface area contributed by atoms with Crippen molar-refractivity contribution < 1.29 is 13.3 Å². The molecule has 0 spiro atoms. The first kappa shape index (κ1) is 18.7. The largest absolute Gasteiger partial charge is 0.314 e. The van der Waals surface area contributed by atoms with Crippen LogP contribution in [0.5, 0.6) is 0 Å². The number of nitrogens with zero attached hydrogens (tertiary/aromatic N) is 4. The van der Waals surface area contributed by atoms with Crippen LogP contribution in [0.4, 0.5) is 0 Å². The lowest BCUT2D eigenvalue weighted by Crippen LogP contribution is -3.14. The third kappa shape index (κ3) is 3.96. The fraction of sp³-hybridized carbons (Fsp3) is 0.316. The van der Waals surface area contributed by atoms with Gasteiger partial charge in [-0.05, 0) is 17.7 Å². The van der Waals surface area contributed by atoms with Crippen molar-refractivity contribution in [3.05, 3.63) is 70.5 Å². The molecule has 0 radical (unpaired) electrons. The minimum Gasteiger partial charge on any atom is -0.314 e. The van der Waals surface area contributed by atoms with E-state index in [2.05, 4.69) is 10.3 Å². The second-order valence-electron chi connectivity index (χ2n) is 6.96. The fourth-order valence-corrected chi connectivity index (χ4v) is 4.99. The fourth-order valence-electron chi connectivity index (χ4n) is 3.45. The number of nitrogens with one attached hydrogen (secondary N) is 1. The summed E-state index contributed by atoms with van der Waals surface area (Å²) in [5, 5.41) is 8.67. The lowest BCUT2D eigenvalue weighted by atomic mass is 10.2. The number of benzene rings is 2. The van der Waals surface area contributed by atoms with Gasteiger partial charge in [0.25, 0.3) is 5.56 Å². The van der Waals surface area contributed by atoms with Gasteiger partial charge in [-0.2, -0.15) is 8.99 Å². The van der Waals surface area contributed by atoms with Crippen molar-refractivity contribution in [3.63, 3.8) is 0 Å². The molecule has 1 saturated heterocycles. The zero-order valence-electron chi connectivity index (χ0n) is 15.4. The second-order valence-corrected chi connectivity index (χ2v) is 8.93. The highest BCUT2D eigenvalue weighted by Crippen LogP contribution is 2.10. The maximum Gasteiger partial charge on any atom is 0.282 e. The van der Waals surface area contributed by atoms with Gasteiger partial charge in [0.15, 0.2) is 6.67 Å². The number of sulfonamides is 1. The average molecular weight is 400 g/mol. The summed E-state index contributed by atoms with van der Waals surface area (Å²) in [6.45, 7) is 2.48. The van der Waals surface area contributed by atoms with Crippen LogP contribution in [0, 0.1) is 0 Å². The van der Waals surface area contributed by atoms with Gasteiger partial charge in [-0.1, -0.05) is 47.7 Å². The predicted octanol–water partition coefficient (Wildman–Crippen LogP) is -0.520.